The number of halogens is 3. The molecule has 2 N–H and O–H groups in total. The number of benzene rings is 2. The number of likely N-dealkylation sites (N-methyl/N-ethyl adjacent to an activating group) is 1. The molecular weight excluding hydrogens is 531 g/mol. The molecule has 4 rings (SSSR count). The highest BCUT2D eigenvalue weighted by atomic mass is 19.4. The average Bonchev–Trinajstić information content (AvgIpc) is 2.92. The van der Waals surface area contributed by atoms with Gasteiger partial charge in [0, 0.05) is 24.8 Å². The van der Waals surface area contributed by atoms with Gasteiger partial charge in [-0.2, -0.15) is 13.2 Å². The third kappa shape index (κ3) is 7.04. The van der Waals surface area contributed by atoms with Crippen LogP contribution in [0.5, 0.6) is 5.75 Å². The lowest BCUT2D eigenvalue weighted by Crippen LogP contribution is -2.54. The highest BCUT2D eigenvalue weighted by molar-refractivity contribution is 6.05. The third-order valence-electron chi connectivity index (χ3n) is 6.77. The Labute approximate surface area is 229 Å². The zero-order chi connectivity index (χ0) is 29.0. The van der Waals surface area contributed by atoms with Crippen LogP contribution in [0.1, 0.15) is 53.0 Å². The number of carbonyl (C=O) groups is 3. The van der Waals surface area contributed by atoms with Gasteiger partial charge in [0.1, 0.15) is 18.5 Å². The fourth-order valence-electron chi connectivity index (χ4n) is 4.61. The Balaban J connectivity index is 1.40. The molecule has 40 heavy (non-hydrogen) atoms. The number of anilines is 1. The second kappa shape index (κ2) is 12.2. The van der Waals surface area contributed by atoms with Crippen molar-refractivity contribution in [1.29, 1.82) is 0 Å². The first kappa shape index (κ1) is 29.2. The fraction of sp³-hybridized carbons (Fsp3) is 0.464. The molecule has 2 aromatic carbocycles. The molecule has 3 amide bonds. The van der Waals surface area contributed by atoms with Crippen LogP contribution in [-0.4, -0.2) is 67.9 Å². The van der Waals surface area contributed by atoms with Gasteiger partial charge < -0.3 is 29.7 Å². The van der Waals surface area contributed by atoms with Crippen LogP contribution in [0, 0.1) is 5.92 Å². The van der Waals surface area contributed by atoms with E-state index in [-0.39, 0.29) is 48.2 Å². The number of hydrogen-bond donors (Lipinski definition) is 2. The van der Waals surface area contributed by atoms with Gasteiger partial charge in [0.2, 0.25) is 0 Å². The number of rotatable bonds is 6. The van der Waals surface area contributed by atoms with Gasteiger partial charge in [-0.05, 0) is 61.2 Å². The summed E-state index contributed by atoms with van der Waals surface area (Å²) < 4.78 is 55.7. The number of nitrogens with zero attached hydrogens (tertiary/aromatic N) is 1. The number of alkyl carbamates (subject to hydrolysis) is 1. The summed E-state index contributed by atoms with van der Waals surface area (Å²) in [5, 5.41) is 5.34. The largest absolute Gasteiger partial charge is 0.490 e. The van der Waals surface area contributed by atoms with E-state index in [1.165, 1.54) is 6.07 Å². The number of fused-ring (bicyclic) bond motifs is 2. The van der Waals surface area contributed by atoms with Crippen LogP contribution in [0.3, 0.4) is 0 Å². The number of nitrogens with one attached hydrogen (secondary N) is 2. The molecule has 3 atom stereocenters. The predicted molar refractivity (Wildman–Crippen MR) is 139 cm³/mol. The van der Waals surface area contributed by atoms with Crippen LogP contribution in [0.15, 0.2) is 42.5 Å². The summed E-state index contributed by atoms with van der Waals surface area (Å²) >= 11 is 0. The van der Waals surface area contributed by atoms with Crippen molar-refractivity contribution < 1.29 is 41.8 Å². The van der Waals surface area contributed by atoms with Gasteiger partial charge in [-0.1, -0.05) is 13.8 Å². The summed E-state index contributed by atoms with van der Waals surface area (Å²) in [6.07, 6.45) is -4.45. The van der Waals surface area contributed by atoms with E-state index in [1.807, 2.05) is 13.8 Å². The average molecular weight is 564 g/mol. The monoisotopic (exact) mass is 563 g/mol. The quantitative estimate of drug-likeness (QED) is 0.527. The lowest BCUT2D eigenvalue weighted by atomic mass is 9.95. The molecule has 0 aromatic heterocycles. The molecular formula is C28H32F3N3O6. The maximum absolute atomic E-state index is 13.4. The van der Waals surface area contributed by atoms with Gasteiger partial charge in [0.05, 0.1) is 29.9 Å². The normalized spacial score (nSPS) is 20.9. The van der Waals surface area contributed by atoms with E-state index in [0.29, 0.717) is 30.9 Å². The van der Waals surface area contributed by atoms with E-state index in [1.54, 1.807) is 24.1 Å². The van der Waals surface area contributed by atoms with Gasteiger partial charge in [0.15, 0.2) is 0 Å². The van der Waals surface area contributed by atoms with E-state index in [2.05, 4.69) is 10.6 Å². The van der Waals surface area contributed by atoms with E-state index in [9.17, 15) is 27.6 Å². The first-order chi connectivity index (χ1) is 18.9. The van der Waals surface area contributed by atoms with Crippen molar-refractivity contribution in [2.24, 2.45) is 5.92 Å². The van der Waals surface area contributed by atoms with Crippen LogP contribution < -0.4 is 15.4 Å². The molecule has 12 heteroatoms. The molecule has 0 spiro atoms. The number of alkyl halides is 3. The van der Waals surface area contributed by atoms with Crippen LogP contribution in [0.25, 0.3) is 0 Å². The van der Waals surface area contributed by atoms with Crippen molar-refractivity contribution in [3.05, 3.63) is 59.2 Å². The van der Waals surface area contributed by atoms with E-state index in [0.717, 1.165) is 24.3 Å². The molecule has 1 fully saturated rings. The lowest BCUT2D eigenvalue weighted by molar-refractivity contribution is -0.137. The summed E-state index contributed by atoms with van der Waals surface area (Å²) in [5.74, 6) is -0.404. The zero-order valence-electron chi connectivity index (χ0n) is 22.4. The third-order valence-corrected chi connectivity index (χ3v) is 6.77. The molecule has 0 aliphatic carbocycles. The number of carbonyl (C=O) groups excluding carboxylic acids is 3. The highest BCUT2D eigenvalue weighted by Crippen LogP contribution is 2.32. The maximum atomic E-state index is 13.4. The SMILES string of the molecule is CC(C)COC(=O)NC[C@@H]1CC[C@H]2[C@H](COc3ccc(NC(=O)c4ccc(C(F)(F)F)cc4)cc3C(=O)N2C)O1. The first-order valence-corrected chi connectivity index (χ1v) is 13.0. The van der Waals surface area contributed by atoms with Crippen LogP contribution in [-0.2, 0) is 15.7 Å². The molecule has 2 aliphatic rings. The summed E-state index contributed by atoms with van der Waals surface area (Å²) in [4.78, 5) is 39.5. The number of hydrogen-bond acceptors (Lipinski definition) is 6. The summed E-state index contributed by atoms with van der Waals surface area (Å²) in [5.41, 5.74) is -0.282. The first-order valence-electron chi connectivity index (χ1n) is 13.0. The topological polar surface area (TPSA) is 106 Å². The Bertz CT molecular complexity index is 1230. The second-order valence-corrected chi connectivity index (χ2v) is 10.3. The Morgan fingerprint density at radius 3 is 2.52 bits per heavy atom. The molecule has 2 aliphatic heterocycles. The molecule has 9 nitrogen and oxygen atoms in total. The maximum Gasteiger partial charge on any atom is 0.416 e. The van der Waals surface area contributed by atoms with Crippen LogP contribution in [0.2, 0.25) is 0 Å². The summed E-state index contributed by atoms with van der Waals surface area (Å²) in [6, 6.07) is 8.17. The minimum Gasteiger partial charge on any atom is -0.490 e. The van der Waals surface area contributed by atoms with Gasteiger partial charge in [-0.25, -0.2) is 4.79 Å². The Hall–Kier alpha value is -3.80. The molecule has 1 saturated heterocycles. The molecule has 2 aromatic rings. The molecule has 0 radical (unpaired) electrons. The zero-order valence-corrected chi connectivity index (χ0v) is 22.4. The van der Waals surface area contributed by atoms with Gasteiger partial charge in [-0.15, -0.1) is 0 Å². The number of ether oxygens (including phenoxy) is 3. The van der Waals surface area contributed by atoms with Gasteiger partial charge >= 0.3 is 12.3 Å². The van der Waals surface area contributed by atoms with Crippen molar-refractivity contribution in [3.8, 4) is 5.75 Å². The van der Waals surface area contributed by atoms with Crippen LogP contribution in [0.4, 0.5) is 23.7 Å². The summed E-state index contributed by atoms with van der Waals surface area (Å²) in [7, 11) is 1.67. The molecule has 0 unspecified atom stereocenters. The minimum atomic E-state index is -4.50. The second-order valence-electron chi connectivity index (χ2n) is 10.3. The van der Waals surface area contributed by atoms with Crippen molar-refractivity contribution in [3.63, 3.8) is 0 Å². The predicted octanol–water partition coefficient (Wildman–Crippen LogP) is 4.72. The van der Waals surface area contributed by atoms with E-state index >= 15 is 0 Å². The van der Waals surface area contributed by atoms with E-state index < -0.39 is 29.8 Å². The van der Waals surface area contributed by atoms with Crippen LogP contribution >= 0.6 is 0 Å². The van der Waals surface area contributed by atoms with E-state index in [4.69, 9.17) is 14.2 Å². The lowest BCUT2D eigenvalue weighted by Gasteiger charge is -2.42. The molecule has 0 saturated carbocycles. The molecule has 2 heterocycles. The highest BCUT2D eigenvalue weighted by Gasteiger charge is 2.39. The minimum absolute atomic E-state index is 0.0406. The Morgan fingerprint density at radius 1 is 1.12 bits per heavy atom. The molecule has 216 valence electrons. The van der Waals surface area contributed by atoms with Crippen molar-refractivity contribution in [1.82, 2.24) is 10.2 Å². The Morgan fingerprint density at radius 2 is 1.85 bits per heavy atom. The summed E-state index contributed by atoms with van der Waals surface area (Å²) in [6.45, 7) is 4.66. The van der Waals surface area contributed by atoms with Gasteiger partial charge in [0.25, 0.3) is 11.8 Å². The Kier molecular flexibility index (Phi) is 8.87. The van der Waals surface area contributed by atoms with Crippen molar-refractivity contribution >= 4 is 23.6 Å². The fourth-order valence-corrected chi connectivity index (χ4v) is 4.61. The number of amides is 3. The van der Waals surface area contributed by atoms with Crippen molar-refractivity contribution in [2.75, 3.05) is 32.1 Å². The van der Waals surface area contributed by atoms with Crippen molar-refractivity contribution in [2.45, 2.75) is 51.1 Å². The smallest absolute Gasteiger partial charge is 0.416 e. The molecule has 0 bridgehead atoms. The van der Waals surface area contributed by atoms with Gasteiger partial charge in [-0.3, -0.25) is 9.59 Å². The standard InChI is InChI=1S/C28H32F3N3O6/c1-16(2)14-39-27(37)32-13-20-9-10-22-24(40-20)15-38-23-11-8-19(12-21(23)26(36)34(22)3)33-25(35)17-4-6-18(7-5-17)28(29,30)31/h4-8,11-12,16,20,22,24H,9-10,13-15H2,1-3H3,(H,32,37)(H,33,35)/t20-,22-,24-/m0/s1.